The second-order valence-corrected chi connectivity index (χ2v) is 8.19. The van der Waals surface area contributed by atoms with Gasteiger partial charge in [0.1, 0.15) is 5.75 Å². The number of rotatable bonds is 11. The fourth-order valence-corrected chi connectivity index (χ4v) is 4.33. The minimum absolute atomic E-state index is 0.0396. The Morgan fingerprint density at radius 3 is 2.59 bits per heavy atom. The van der Waals surface area contributed by atoms with Crippen LogP contribution in [0.2, 0.25) is 0 Å². The van der Waals surface area contributed by atoms with Crippen LogP contribution in [-0.4, -0.2) is 40.2 Å². The molecule has 0 spiro atoms. The maximum Gasteiger partial charge on any atom is 0.223 e. The topological polar surface area (TPSA) is 68.5 Å². The summed E-state index contributed by atoms with van der Waals surface area (Å²) in [5.74, 6) is 2.02. The van der Waals surface area contributed by atoms with Gasteiger partial charge in [0.05, 0.1) is 13.2 Å². The molecule has 2 heterocycles. The van der Waals surface area contributed by atoms with Crippen LogP contribution in [0.3, 0.4) is 0 Å². The maximum absolute atomic E-state index is 13.2. The molecule has 6 nitrogen and oxygen atoms in total. The second kappa shape index (κ2) is 11.5. The molecule has 1 aromatic heterocycles. The van der Waals surface area contributed by atoms with Crippen LogP contribution in [-0.2, 0) is 24.1 Å². The molecule has 0 fully saturated rings. The van der Waals surface area contributed by atoms with Gasteiger partial charge in [-0.2, -0.15) is 0 Å². The van der Waals surface area contributed by atoms with Crippen LogP contribution < -0.4 is 4.74 Å². The van der Waals surface area contributed by atoms with Crippen LogP contribution in [0.4, 0.5) is 0 Å². The van der Waals surface area contributed by atoms with Crippen molar-refractivity contribution in [1.82, 2.24) is 15.1 Å². The summed E-state index contributed by atoms with van der Waals surface area (Å²) in [6.45, 7) is 9.86. The molecule has 1 aliphatic heterocycles. The lowest BCUT2D eigenvalue weighted by Crippen LogP contribution is -2.48. The van der Waals surface area contributed by atoms with Crippen LogP contribution in [0, 0.1) is 0 Å². The second-order valence-electron chi connectivity index (χ2n) is 8.19. The van der Waals surface area contributed by atoms with Crippen molar-refractivity contribution in [2.24, 2.45) is 0 Å². The van der Waals surface area contributed by atoms with E-state index in [1.54, 1.807) is 7.11 Å². The number of amides is 1. The molecule has 3 rings (SSSR count). The fraction of sp³-hybridized carbons (Fsp3) is 0.423. The highest BCUT2D eigenvalue weighted by molar-refractivity contribution is 5.77. The van der Waals surface area contributed by atoms with Gasteiger partial charge < -0.3 is 14.1 Å². The summed E-state index contributed by atoms with van der Waals surface area (Å²) in [5, 5.41) is 8.31. The predicted octanol–water partition coefficient (Wildman–Crippen LogP) is 4.86. The lowest BCUT2D eigenvalue weighted by atomic mass is 9.92. The van der Waals surface area contributed by atoms with Gasteiger partial charge in [0.25, 0.3) is 0 Å². The van der Waals surface area contributed by atoms with Crippen molar-refractivity contribution in [3.63, 3.8) is 0 Å². The molecule has 6 heteroatoms. The first-order valence-corrected chi connectivity index (χ1v) is 11.2. The number of aryl methyl sites for hydroxylation is 3. The number of aromatic nitrogens is 2. The number of carbonyl (C=O) groups excluding carboxylic acids is 1. The minimum Gasteiger partial charge on any atom is -0.496 e. The molecule has 0 N–H and O–H groups in total. The Balaban J connectivity index is 1.59. The van der Waals surface area contributed by atoms with Crippen molar-refractivity contribution in [2.45, 2.75) is 64.0 Å². The van der Waals surface area contributed by atoms with E-state index in [0.29, 0.717) is 31.0 Å². The highest BCUT2D eigenvalue weighted by Gasteiger charge is 2.31. The van der Waals surface area contributed by atoms with Crippen molar-refractivity contribution in [1.29, 1.82) is 0 Å². The third-order valence-corrected chi connectivity index (χ3v) is 5.78. The molecule has 2 aromatic rings. The number of benzene rings is 1. The monoisotopic (exact) mass is 435 g/mol. The van der Waals surface area contributed by atoms with Gasteiger partial charge in [-0.1, -0.05) is 42.0 Å². The first-order chi connectivity index (χ1) is 15.5. The molecule has 0 bridgehead atoms. The molecular weight excluding hydrogens is 402 g/mol. The fourth-order valence-electron chi connectivity index (χ4n) is 4.33. The molecule has 0 radical (unpaired) electrons. The SMILES string of the molecule is C=CC[C@@H]1CC(C)=C[C@@H](CC=C)N1C(=O)CCc1nnc(CCc2ccccc2OC)o1. The third kappa shape index (κ3) is 5.96. The number of hydrogen-bond acceptors (Lipinski definition) is 5. The highest BCUT2D eigenvalue weighted by Crippen LogP contribution is 2.28. The third-order valence-electron chi connectivity index (χ3n) is 5.78. The van der Waals surface area contributed by atoms with Crippen LogP contribution in [0.15, 0.2) is 65.6 Å². The van der Waals surface area contributed by atoms with Gasteiger partial charge in [0.15, 0.2) is 0 Å². The molecule has 32 heavy (non-hydrogen) atoms. The molecule has 1 amide bonds. The summed E-state index contributed by atoms with van der Waals surface area (Å²) in [6, 6.07) is 8.08. The lowest BCUT2D eigenvalue weighted by Gasteiger charge is -2.40. The number of para-hydroxylation sites is 1. The Morgan fingerprint density at radius 2 is 1.88 bits per heavy atom. The zero-order valence-corrected chi connectivity index (χ0v) is 19.1. The number of carbonyl (C=O) groups is 1. The van der Waals surface area contributed by atoms with Crippen molar-refractivity contribution in [3.8, 4) is 5.75 Å². The van der Waals surface area contributed by atoms with E-state index in [2.05, 4.69) is 36.4 Å². The smallest absolute Gasteiger partial charge is 0.223 e. The van der Waals surface area contributed by atoms with Gasteiger partial charge in [0, 0.05) is 25.3 Å². The van der Waals surface area contributed by atoms with Gasteiger partial charge in [-0.15, -0.1) is 23.4 Å². The predicted molar refractivity (Wildman–Crippen MR) is 125 cm³/mol. The summed E-state index contributed by atoms with van der Waals surface area (Å²) >= 11 is 0. The van der Waals surface area contributed by atoms with E-state index in [1.165, 1.54) is 5.57 Å². The molecule has 1 aliphatic rings. The van der Waals surface area contributed by atoms with Gasteiger partial charge in [0.2, 0.25) is 17.7 Å². The Kier molecular flexibility index (Phi) is 8.42. The molecule has 0 saturated heterocycles. The zero-order chi connectivity index (χ0) is 22.9. The average molecular weight is 436 g/mol. The quantitative estimate of drug-likeness (QED) is 0.471. The molecule has 0 aliphatic carbocycles. The standard InChI is InChI=1S/C26H33N3O3/c1-5-9-21-17-19(3)18-22(10-6-2)29(21)26(30)16-15-25-28-27-24(32-25)14-13-20-11-7-8-12-23(20)31-4/h5-8,11-12,17,21-22H,1-2,9-10,13-16,18H2,3-4H3/t21-,22-/m1/s1. The molecular formula is C26H33N3O3. The van der Waals surface area contributed by atoms with E-state index in [0.717, 1.165) is 37.0 Å². The van der Waals surface area contributed by atoms with E-state index in [4.69, 9.17) is 9.15 Å². The van der Waals surface area contributed by atoms with Gasteiger partial charge in [-0.25, -0.2) is 0 Å². The molecule has 2 atom stereocenters. The number of ether oxygens (including phenoxy) is 1. The molecule has 1 aromatic carbocycles. The summed E-state index contributed by atoms with van der Waals surface area (Å²) < 4.78 is 11.2. The van der Waals surface area contributed by atoms with Crippen molar-refractivity contribution >= 4 is 5.91 Å². The van der Waals surface area contributed by atoms with E-state index >= 15 is 0 Å². The molecule has 170 valence electrons. The van der Waals surface area contributed by atoms with Crippen LogP contribution in [0.5, 0.6) is 5.75 Å². The van der Waals surface area contributed by atoms with Crippen LogP contribution in [0.1, 0.15) is 50.0 Å². The largest absolute Gasteiger partial charge is 0.496 e. The van der Waals surface area contributed by atoms with E-state index in [1.807, 2.05) is 41.3 Å². The van der Waals surface area contributed by atoms with Gasteiger partial charge in [-0.05, 0) is 44.2 Å². The number of hydrogen-bond donors (Lipinski definition) is 0. The Bertz CT molecular complexity index is 963. The number of methoxy groups -OCH3 is 1. The van der Waals surface area contributed by atoms with Gasteiger partial charge in [-0.3, -0.25) is 4.79 Å². The highest BCUT2D eigenvalue weighted by atomic mass is 16.5. The summed E-state index contributed by atoms with van der Waals surface area (Å²) in [6.07, 6.45) is 10.5. The van der Waals surface area contributed by atoms with Crippen LogP contribution >= 0.6 is 0 Å². The first-order valence-electron chi connectivity index (χ1n) is 11.2. The van der Waals surface area contributed by atoms with Crippen molar-refractivity contribution in [3.05, 3.63) is 78.6 Å². The van der Waals surface area contributed by atoms with E-state index in [9.17, 15) is 4.79 Å². The average Bonchev–Trinajstić information content (AvgIpc) is 3.24. The van der Waals surface area contributed by atoms with Crippen molar-refractivity contribution < 1.29 is 13.9 Å². The van der Waals surface area contributed by atoms with E-state index in [-0.39, 0.29) is 18.0 Å². The molecule has 0 saturated carbocycles. The Labute approximate surface area is 190 Å². The summed E-state index contributed by atoms with van der Waals surface area (Å²) in [4.78, 5) is 15.2. The Hall–Kier alpha value is -3.15. The first kappa shape index (κ1) is 23.5. The maximum atomic E-state index is 13.2. The molecule has 0 unspecified atom stereocenters. The van der Waals surface area contributed by atoms with Crippen LogP contribution in [0.25, 0.3) is 0 Å². The normalized spacial score (nSPS) is 18.2. The van der Waals surface area contributed by atoms with E-state index < -0.39 is 0 Å². The lowest BCUT2D eigenvalue weighted by molar-refractivity contribution is -0.135. The minimum atomic E-state index is 0.0396. The summed E-state index contributed by atoms with van der Waals surface area (Å²) in [7, 11) is 1.67. The van der Waals surface area contributed by atoms with Gasteiger partial charge >= 0.3 is 0 Å². The summed E-state index contributed by atoms with van der Waals surface area (Å²) in [5.41, 5.74) is 2.41. The Morgan fingerprint density at radius 1 is 1.16 bits per heavy atom. The van der Waals surface area contributed by atoms with Crippen molar-refractivity contribution in [2.75, 3.05) is 7.11 Å². The number of nitrogens with zero attached hydrogens (tertiary/aromatic N) is 3. The zero-order valence-electron chi connectivity index (χ0n) is 19.1.